The van der Waals surface area contributed by atoms with Crippen LogP contribution in [0.2, 0.25) is 0 Å². The van der Waals surface area contributed by atoms with Crippen molar-refractivity contribution in [2.45, 2.75) is 13.3 Å². The summed E-state index contributed by atoms with van der Waals surface area (Å²) in [5.74, 6) is 0.613. The third-order valence-electron chi connectivity index (χ3n) is 5.12. The van der Waals surface area contributed by atoms with Gasteiger partial charge in [-0.25, -0.2) is 0 Å². The summed E-state index contributed by atoms with van der Waals surface area (Å²) in [5, 5.41) is 2.85. The van der Waals surface area contributed by atoms with Crippen LogP contribution in [-0.4, -0.2) is 60.5 Å². The molecule has 1 N–H and O–H groups in total. The standard InChI is InChI=1S/C18H21N3O5/c1-11(22)20-4-6-21(7-5-20)18(24)14-9-13(14)17(23)19-12-2-3-15-16(8-12)26-10-25-15/h2-3,8,13-14H,4-7,9-10H2,1H3,(H,19,23). The van der Waals surface area contributed by atoms with Gasteiger partial charge in [-0.3, -0.25) is 14.4 Å². The number of hydrogen-bond donors (Lipinski definition) is 1. The highest BCUT2D eigenvalue weighted by molar-refractivity contribution is 5.99. The van der Waals surface area contributed by atoms with Crippen molar-refractivity contribution in [2.24, 2.45) is 11.8 Å². The van der Waals surface area contributed by atoms with Crippen molar-refractivity contribution in [1.82, 2.24) is 9.80 Å². The molecule has 8 nitrogen and oxygen atoms in total. The lowest BCUT2D eigenvalue weighted by Crippen LogP contribution is -2.50. The van der Waals surface area contributed by atoms with Crippen LogP contribution in [0.3, 0.4) is 0 Å². The molecule has 138 valence electrons. The average molecular weight is 359 g/mol. The normalized spacial score (nSPS) is 23.6. The Hall–Kier alpha value is -2.77. The summed E-state index contributed by atoms with van der Waals surface area (Å²) in [7, 11) is 0. The van der Waals surface area contributed by atoms with Gasteiger partial charge in [0.2, 0.25) is 24.5 Å². The predicted molar refractivity (Wildman–Crippen MR) is 91.6 cm³/mol. The lowest BCUT2D eigenvalue weighted by atomic mass is 10.2. The minimum absolute atomic E-state index is 0.0130. The van der Waals surface area contributed by atoms with Crippen molar-refractivity contribution in [3.63, 3.8) is 0 Å². The van der Waals surface area contributed by atoms with Gasteiger partial charge in [0.1, 0.15) is 0 Å². The Bertz CT molecular complexity index is 757. The lowest BCUT2D eigenvalue weighted by Gasteiger charge is -2.34. The van der Waals surface area contributed by atoms with Gasteiger partial charge in [0.05, 0.1) is 11.8 Å². The molecule has 2 fully saturated rings. The first-order valence-corrected chi connectivity index (χ1v) is 8.78. The van der Waals surface area contributed by atoms with E-state index in [2.05, 4.69) is 5.32 Å². The molecule has 2 aliphatic heterocycles. The predicted octanol–water partition coefficient (Wildman–Crippen LogP) is 0.681. The van der Waals surface area contributed by atoms with Crippen LogP contribution in [0.4, 0.5) is 5.69 Å². The van der Waals surface area contributed by atoms with Gasteiger partial charge in [0, 0.05) is 44.9 Å². The van der Waals surface area contributed by atoms with E-state index in [0.717, 1.165) is 0 Å². The molecule has 1 aliphatic carbocycles. The fraction of sp³-hybridized carbons (Fsp3) is 0.500. The fourth-order valence-corrected chi connectivity index (χ4v) is 3.44. The largest absolute Gasteiger partial charge is 0.454 e. The van der Waals surface area contributed by atoms with Gasteiger partial charge in [0.25, 0.3) is 0 Å². The Labute approximate surface area is 151 Å². The highest BCUT2D eigenvalue weighted by Crippen LogP contribution is 2.41. The van der Waals surface area contributed by atoms with Crippen molar-refractivity contribution >= 4 is 23.4 Å². The maximum Gasteiger partial charge on any atom is 0.231 e. The van der Waals surface area contributed by atoms with Crippen LogP contribution in [0.25, 0.3) is 0 Å². The van der Waals surface area contributed by atoms with Gasteiger partial charge in [0.15, 0.2) is 11.5 Å². The van der Waals surface area contributed by atoms with Gasteiger partial charge < -0.3 is 24.6 Å². The van der Waals surface area contributed by atoms with E-state index in [4.69, 9.17) is 9.47 Å². The molecule has 0 bridgehead atoms. The maximum atomic E-state index is 12.6. The van der Waals surface area contributed by atoms with E-state index >= 15 is 0 Å². The number of ether oxygens (including phenoxy) is 2. The van der Waals surface area contributed by atoms with Crippen molar-refractivity contribution in [3.05, 3.63) is 18.2 Å². The second-order valence-corrected chi connectivity index (χ2v) is 6.84. The van der Waals surface area contributed by atoms with Crippen LogP contribution in [0.5, 0.6) is 11.5 Å². The molecule has 2 unspecified atom stereocenters. The zero-order chi connectivity index (χ0) is 18.3. The third kappa shape index (κ3) is 3.18. The highest BCUT2D eigenvalue weighted by Gasteiger charge is 2.49. The quantitative estimate of drug-likeness (QED) is 0.857. The van der Waals surface area contributed by atoms with Crippen LogP contribution in [0, 0.1) is 11.8 Å². The molecule has 26 heavy (non-hydrogen) atoms. The van der Waals surface area contributed by atoms with Crippen molar-refractivity contribution < 1.29 is 23.9 Å². The molecule has 8 heteroatoms. The molecule has 3 aliphatic rings. The molecule has 1 aromatic rings. The fourth-order valence-electron chi connectivity index (χ4n) is 3.44. The summed E-state index contributed by atoms with van der Waals surface area (Å²) in [5.41, 5.74) is 0.632. The van der Waals surface area contributed by atoms with E-state index in [1.54, 1.807) is 28.0 Å². The van der Waals surface area contributed by atoms with Crippen LogP contribution in [-0.2, 0) is 14.4 Å². The number of rotatable bonds is 3. The van der Waals surface area contributed by atoms with Crippen molar-refractivity contribution in [2.75, 3.05) is 38.3 Å². The highest BCUT2D eigenvalue weighted by atomic mass is 16.7. The zero-order valence-corrected chi connectivity index (χ0v) is 14.6. The van der Waals surface area contributed by atoms with Crippen LogP contribution in [0.1, 0.15) is 13.3 Å². The number of amides is 3. The molecule has 0 radical (unpaired) electrons. The van der Waals surface area contributed by atoms with E-state index in [1.165, 1.54) is 6.92 Å². The Balaban J connectivity index is 1.30. The van der Waals surface area contributed by atoms with Gasteiger partial charge >= 0.3 is 0 Å². The van der Waals surface area contributed by atoms with Crippen molar-refractivity contribution in [3.8, 4) is 11.5 Å². The molecule has 3 amide bonds. The number of anilines is 1. The first-order valence-electron chi connectivity index (χ1n) is 8.78. The molecule has 1 saturated carbocycles. The Kier molecular flexibility index (Phi) is 4.18. The van der Waals surface area contributed by atoms with Crippen LogP contribution in [0.15, 0.2) is 18.2 Å². The van der Waals surface area contributed by atoms with E-state index in [9.17, 15) is 14.4 Å². The topological polar surface area (TPSA) is 88.2 Å². The Morgan fingerprint density at radius 3 is 2.42 bits per heavy atom. The van der Waals surface area contributed by atoms with Crippen LogP contribution >= 0.6 is 0 Å². The van der Waals surface area contributed by atoms with Crippen molar-refractivity contribution in [1.29, 1.82) is 0 Å². The monoisotopic (exact) mass is 359 g/mol. The zero-order valence-electron chi connectivity index (χ0n) is 14.6. The van der Waals surface area contributed by atoms with E-state index in [1.807, 2.05) is 0 Å². The second kappa shape index (κ2) is 6.51. The van der Waals surface area contributed by atoms with Gasteiger partial charge in [-0.2, -0.15) is 0 Å². The minimum atomic E-state index is -0.293. The molecule has 0 spiro atoms. The molecule has 4 rings (SSSR count). The summed E-state index contributed by atoms with van der Waals surface area (Å²) in [6.07, 6.45) is 0.572. The smallest absolute Gasteiger partial charge is 0.231 e. The first-order chi connectivity index (χ1) is 12.5. The SMILES string of the molecule is CC(=O)N1CCN(C(=O)C2CC2C(=O)Nc2ccc3c(c2)OCO3)CC1. The molecular formula is C18H21N3O5. The number of carbonyl (C=O) groups excluding carboxylic acids is 3. The van der Waals surface area contributed by atoms with E-state index in [0.29, 0.717) is 49.8 Å². The summed E-state index contributed by atoms with van der Waals surface area (Å²) >= 11 is 0. The van der Waals surface area contributed by atoms with Gasteiger partial charge in [-0.1, -0.05) is 0 Å². The molecular weight excluding hydrogens is 338 g/mol. The average Bonchev–Trinajstić information content (AvgIpc) is 3.31. The molecule has 1 saturated heterocycles. The summed E-state index contributed by atoms with van der Waals surface area (Å²) in [4.78, 5) is 39.8. The number of nitrogens with zero attached hydrogens (tertiary/aromatic N) is 2. The number of hydrogen-bond acceptors (Lipinski definition) is 5. The number of fused-ring (bicyclic) bond motifs is 1. The molecule has 1 aromatic carbocycles. The Morgan fingerprint density at radius 1 is 1.00 bits per heavy atom. The summed E-state index contributed by atoms with van der Waals surface area (Å²) in [6, 6.07) is 5.23. The molecule has 2 atom stereocenters. The molecule has 0 aromatic heterocycles. The maximum absolute atomic E-state index is 12.6. The minimum Gasteiger partial charge on any atom is -0.454 e. The lowest BCUT2D eigenvalue weighted by molar-refractivity contribution is -0.139. The number of piperazine rings is 1. The summed E-state index contributed by atoms with van der Waals surface area (Å²) in [6.45, 7) is 3.90. The number of nitrogens with one attached hydrogen (secondary N) is 1. The van der Waals surface area contributed by atoms with E-state index < -0.39 is 0 Å². The number of carbonyl (C=O) groups is 3. The first kappa shape index (κ1) is 16.7. The third-order valence-corrected chi connectivity index (χ3v) is 5.12. The van der Waals surface area contributed by atoms with Gasteiger partial charge in [-0.05, 0) is 18.6 Å². The van der Waals surface area contributed by atoms with Crippen LogP contribution < -0.4 is 14.8 Å². The number of benzene rings is 1. The molecule has 2 heterocycles. The van der Waals surface area contributed by atoms with E-state index in [-0.39, 0.29) is 36.4 Å². The van der Waals surface area contributed by atoms with Gasteiger partial charge in [-0.15, -0.1) is 0 Å². The Morgan fingerprint density at radius 2 is 1.69 bits per heavy atom. The second-order valence-electron chi connectivity index (χ2n) is 6.84. The summed E-state index contributed by atoms with van der Waals surface area (Å²) < 4.78 is 10.5.